The maximum atomic E-state index is 11.4. The Kier molecular flexibility index (Phi) is 4.19. The first-order chi connectivity index (χ1) is 8.70. The van der Waals surface area contributed by atoms with E-state index in [0.29, 0.717) is 29.9 Å². The van der Waals surface area contributed by atoms with Gasteiger partial charge < -0.3 is 16.0 Å². The van der Waals surface area contributed by atoms with Gasteiger partial charge in [-0.1, -0.05) is 11.6 Å². The van der Waals surface area contributed by atoms with Crippen LogP contribution in [0.5, 0.6) is 0 Å². The average Bonchev–Trinajstić information content (AvgIpc) is 3.20. The highest BCUT2D eigenvalue weighted by molar-refractivity contribution is 6.32. The van der Waals surface area contributed by atoms with E-state index in [-0.39, 0.29) is 11.8 Å². The minimum absolute atomic E-state index is 0.140. The number of nitrogens with zero attached hydrogens (tertiary/aromatic N) is 2. The maximum Gasteiger partial charge on any atom is 0.224 e. The van der Waals surface area contributed by atoms with Crippen LogP contribution in [-0.4, -0.2) is 36.0 Å². The number of hydrogen-bond donors (Lipinski definition) is 3. The molecule has 98 valence electrons. The number of hydrogen-bond acceptors (Lipinski definition) is 5. The van der Waals surface area contributed by atoms with Crippen LogP contribution in [0.1, 0.15) is 12.8 Å². The average molecular weight is 270 g/mol. The van der Waals surface area contributed by atoms with Crippen molar-refractivity contribution >= 4 is 29.3 Å². The molecule has 0 bridgehead atoms. The first-order valence-corrected chi connectivity index (χ1v) is 6.30. The Morgan fingerprint density at radius 3 is 2.94 bits per heavy atom. The molecule has 1 heterocycles. The van der Waals surface area contributed by atoms with Gasteiger partial charge in [0.1, 0.15) is 5.02 Å². The normalized spacial score (nSPS) is 14.1. The third-order valence-corrected chi connectivity index (χ3v) is 2.91. The Balaban J connectivity index is 1.76. The van der Waals surface area contributed by atoms with Gasteiger partial charge in [0.15, 0.2) is 5.82 Å². The number of rotatable bonds is 6. The lowest BCUT2D eigenvalue weighted by Crippen LogP contribution is -2.30. The van der Waals surface area contributed by atoms with Crippen molar-refractivity contribution in [2.75, 3.05) is 30.8 Å². The summed E-state index contributed by atoms with van der Waals surface area (Å²) in [4.78, 5) is 19.5. The lowest BCUT2D eigenvalue weighted by molar-refractivity contribution is -0.122. The lowest BCUT2D eigenvalue weighted by Gasteiger charge is -2.09. The third kappa shape index (κ3) is 3.46. The van der Waals surface area contributed by atoms with E-state index in [1.165, 1.54) is 6.20 Å². The molecule has 1 aromatic heterocycles. The van der Waals surface area contributed by atoms with Gasteiger partial charge in [-0.2, -0.15) is 4.98 Å². The fourth-order valence-electron chi connectivity index (χ4n) is 1.47. The Morgan fingerprint density at radius 1 is 1.50 bits per heavy atom. The molecule has 18 heavy (non-hydrogen) atoms. The molecule has 2 rings (SSSR count). The van der Waals surface area contributed by atoms with Crippen molar-refractivity contribution in [3.05, 3.63) is 11.2 Å². The van der Waals surface area contributed by atoms with Gasteiger partial charge >= 0.3 is 0 Å². The first kappa shape index (κ1) is 12.9. The molecule has 0 atom stereocenters. The van der Waals surface area contributed by atoms with Crippen LogP contribution in [0.4, 0.5) is 11.8 Å². The van der Waals surface area contributed by atoms with Crippen LogP contribution in [0.25, 0.3) is 0 Å². The molecule has 1 aromatic rings. The summed E-state index contributed by atoms with van der Waals surface area (Å²) in [5, 5.41) is 9.22. The zero-order valence-electron chi connectivity index (χ0n) is 10.2. The molecule has 1 fully saturated rings. The fraction of sp³-hybridized carbons (Fsp3) is 0.545. The van der Waals surface area contributed by atoms with E-state index < -0.39 is 0 Å². The van der Waals surface area contributed by atoms with Crippen LogP contribution >= 0.6 is 11.6 Å². The van der Waals surface area contributed by atoms with Crippen molar-refractivity contribution in [1.82, 2.24) is 15.3 Å². The molecule has 0 aliphatic heterocycles. The predicted octanol–water partition coefficient (Wildman–Crippen LogP) is 1.11. The highest BCUT2D eigenvalue weighted by Crippen LogP contribution is 2.28. The first-order valence-electron chi connectivity index (χ1n) is 5.92. The SMILES string of the molecule is CNc1ncc(Cl)c(NCCNC(=O)C2CC2)n1. The molecule has 0 saturated heterocycles. The minimum Gasteiger partial charge on any atom is -0.367 e. The summed E-state index contributed by atoms with van der Waals surface area (Å²) in [5.41, 5.74) is 0. The van der Waals surface area contributed by atoms with Crippen LogP contribution in [-0.2, 0) is 4.79 Å². The number of carbonyl (C=O) groups is 1. The Hall–Kier alpha value is -1.56. The van der Waals surface area contributed by atoms with Crippen LogP contribution in [0.15, 0.2) is 6.20 Å². The second kappa shape index (κ2) is 5.86. The van der Waals surface area contributed by atoms with E-state index in [0.717, 1.165) is 12.8 Å². The van der Waals surface area contributed by atoms with E-state index in [4.69, 9.17) is 11.6 Å². The maximum absolute atomic E-state index is 11.4. The molecule has 1 amide bonds. The number of halogens is 1. The molecular weight excluding hydrogens is 254 g/mol. The van der Waals surface area contributed by atoms with Gasteiger partial charge in [-0.3, -0.25) is 4.79 Å². The topological polar surface area (TPSA) is 78.9 Å². The van der Waals surface area contributed by atoms with Gasteiger partial charge in [-0.25, -0.2) is 4.98 Å². The zero-order chi connectivity index (χ0) is 13.0. The number of anilines is 2. The molecule has 6 nitrogen and oxygen atoms in total. The van der Waals surface area contributed by atoms with Crippen molar-refractivity contribution in [2.24, 2.45) is 5.92 Å². The molecule has 0 aromatic carbocycles. The molecule has 3 N–H and O–H groups in total. The minimum atomic E-state index is 0.140. The van der Waals surface area contributed by atoms with Crippen LogP contribution < -0.4 is 16.0 Å². The number of nitrogens with one attached hydrogen (secondary N) is 3. The summed E-state index contributed by atoms with van der Waals surface area (Å²) in [5.74, 6) is 1.45. The summed E-state index contributed by atoms with van der Waals surface area (Å²) in [6.45, 7) is 1.14. The summed E-state index contributed by atoms with van der Waals surface area (Å²) in [6.07, 6.45) is 3.57. The summed E-state index contributed by atoms with van der Waals surface area (Å²) < 4.78 is 0. The quantitative estimate of drug-likeness (QED) is 0.674. The monoisotopic (exact) mass is 269 g/mol. The fourth-order valence-corrected chi connectivity index (χ4v) is 1.63. The molecule has 1 aliphatic rings. The van der Waals surface area contributed by atoms with Gasteiger partial charge in [-0.15, -0.1) is 0 Å². The van der Waals surface area contributed by atoms with Crippen LogP contribution in [0, 0.1) is 5.92 Å². The van der Waals surface area contributed by atoms with Gasteiger partial charge in [0.2, 0.25) is 11.9 Å². The smallest absolute Gasteiger partial charge is 0.224 e. The van der Waals surface area contributed by atoms with Crippen molar-refractivity contribution in [3.63, 3.8) is 0 Å². The predicted molar refractivity (Wildman–Crippen MR) is 70.8 cm³/mol. The van der Waals surface area contributed by atoms with Gasteiger partial charge in [0.25, 0.3) is 0 Å². The third-order valence-electron chi connectivity index (χ3n) is 2.63. The van der Waals surface area contributed by atoms with E-state index in [1.807, 2.05) is 0 Å². The number of carbonyl (C=O) groups excluding carboxylic acids is 1. The molecule has 1 aliphatic carbocycles. The molecule has 7 heteroatoms. The lowest BCUT2D eigenvalue weighted by atomic mass is 10.4. The summed E-state index contributed by atoms with van der Waals surface area (Å²) in [7, 11) is 1.74. The van der Waals surface area contributed by atoms with E-state index in [9.17, 15) is 4.79 Å². The second-order valence-corrected chi connectivity index (χ2v) is 4.54. The van der Waals surface area contributed by atoms with Crippen molar-refractivity contribution in [1.29, 1.82) is 0 Å². The van der Waals surface area contributed by atoms with Crippen LogP contribution in [0.3, 0.4) is 0 Å². The molecule has 0 spiro atoms. The highest BCUT2D eigenvalue weighted by Gasteiger charge is 2.28. The van der Waals surface area contributed by atoms with Crippen LogP contribution in [0.2, 0.25) is 5.02 Å². The number of aromatic nitrogens is 2. The van der Waals surface area contributed by atoms with E-state index in [1.54, 1.807) is 7.05 Å². The van der Waals surface area contributed by atoms with Crippen molar-refractivity contribution in [2.45, 2.75) is 12.8 Å². The Labute approximate surface area is 111 Å². The number of amides is 1. The molecule has 0 radical (unpaired) electrons. The molecule has 0 unspecified atom stereocenters. The zero-order valence-corrected chi connectivity index (χ0v) is 10.9. The van der Waals surface area contributed by atoms with E-state index >= 15 is 0 Å². The highest BCUT2D eigenvalue weighted by atomic mass is 35.5. The second-order valence-electron chi connectivity index (χ2n) is 4.13. The molecular formula is C11H16ClN5O. The molecule has 1 saturated carbocycles. The summed E-state index contributed by atoms with van der Waals surface area (Å²) >= 11 is 5.95. The standard InChI is InChI=1S/C11H16ClN5O/c1-13-11-16-6-8(12)9(17-11)14-4-5-15-10(18)7-2-3-7/h6-7H,2-5H2,1H3,(H,15,18)(H2,13,14,16,17). The van der Waals surface area contributed by atoms with Gasteiger partial charge in [-0.05, 0) is 12.8 Å². The Morgan fingerprint density at radius 2 is 2.28 bits per heavy atom. The Bertz CT molecular complexity index is 435. The van der Waals surface area contributed by atoms with E-state index in [2.05, 4.69) is 25.9 Å². The van der Waals surface area contributed by atoms with Crippen molar-refractivity contribution < 1.29 is 4.79 Å². The van der Waals surface area contributed by atoms with Crippen molar-refractivity contribution in [3.8, 4) is 0 Å². The largest absolute Gasteiger partial charge is 0.367 e. The van der Waals surface area contributed by atoms with Gasteiger partial charge in [0, 0.05) is 26.1 Å². The van der Waals surface area contributed by atoms with Gasteiger partial charge in [0.05, 0.1) is 6.20 Å². The summed E-state index contributed by atoms with van der Waals surface area (Å²) in [6, 6.07) is 0.